The summed E-state index contributed by atoms with van der Waals surface area (Å²) in [6.07, 6.45) is 8.48. The SMILES string of the molecule is CCC(C(=O)OC)N(c1nc(-n2ccnc2Br)ncc1[N+](=O)[O-])C1CCCC1. The van der Waals surface area contributed by atoms with Crippen molar-refractivity contribution in [2.45, 2.75) is 51.1 Å². The zero-order valence-electron chi connectivity index (χ0n) is 15.6. The number of halogens is 1. The van der Waals surface area contributed by atoms with E-state index in [1.54, 1.807) is 21.9 Å². The molecule has 1 aliphatic rings. The standard InChI is InChI=1S/C17H21BrN6O4/c1-3-12(15(25)28-2)23(11-6-4-5-7-11)14-13(24(26)27)10-20-17(21-14)22-9-8-19-16(22)18/h8-12H,3-7H2,1-2H3. The van der Waals surface area contributed by atoms with Crippen LogP contribution in [0.15, 0.2) is 23.3 Å². The van der Waals surface area contributed by atoms with Gasteiger partial charge in [0, 0.05) is 18.4 Å². The lowest BCUT2D eigenvalue weighted by Crippen LogP contribution is -2.47. The highest BCUT2D eigenvalue weighted by atomic mass is 79.9. The average molecular weight is 453 g/mol. The van der Waals surface area contributed by atoms with E-state index in [9.17, 15) is 14.9 Å². The molecule has 1 fully saturated rings. The van der Waals surface area contributed by atoms with Gasteiger partial charge in [0.25, 0.3) is 0 Å². The van der Waals surface area contributed by atoms with Crippen LogP contribution in [0.25, 0.3) is 5.95 Å². The third-order valence-electron chi connectivity index (χ3n) is 4.90. The first-order valence-corrected chi connectivity index (χ1v) is 9.84. The first-order chi connectivity index (χ1) is 13.5. The fraction of sp³-hybridized carbons (Fsp3) is 0.529. The highest BCUT2D eigenvalue weighted by molar-refractivity contribution is 9.10. The molecule has 0 N–H and O–H groups in total. The molecular weight excluding hydrogens is 432 g/mol. The van der Waals surface area contributed by atoms with Crippen LogP contribution in [0, 0.1) is 10.1 Å². The summed E-state index contributed by atoms with van der Waals surface area (Å²) in [6.45, 7) is 1.85. The number of carbonyl (C=O) groups excluding carboxylic acids is 1. The lowest BCUT2D eigenvalue weighted by molar-refractivity contribution is -0.384. The van der Waals surface area contributed by atoms with E-state index >= 15 is 0 Å². The summed E-state index contributed by atoms with van der Waals surface area (Å²) in [5, 5.41) is 11.7. The van der Waals surface area contributed by atoms with E-state index in [0.717, 1.165) is 25.7 Å². The van der Waals surface area contributed by atoms with Gasteiger partial charge in [-0.15, -0.1) is 0 Å². The van der Waals surface area contributed by atoms with E-state index in [0.29, 0.717) is 11.2 Å². The number of methoxy groups -OCH3 is 1. The Bertz CT molecular complexity index is 867. The molecule has 0 saturated heterocycles. The smallest absolute Gasteiger partial charge is 0.329 e. The van der Waals surface area contributed by atoms with E-state index in [2.05, 4.69) is 30.9 Å². The Balaban J connectivity index is 2.17. The number of hydrogen-bond acceptors (Lipinski definition) is 8. The third kappa shape index (κ3) is 3.84. The minimum atomic E-state index is -0.666. The van der Waals surface area contributed by atoms with Gasteiger partial charge in [-0.1, -0.05) is 19.8 Å². The van der Waals surface area contributed by atoms with Crippen LogP contribution in [0.3, 0.4) is 0 Å². The van der Waals surface area contributed by atoms with Crippen molar-refractivity contribution in [2.24, 2.45) is 0 Å². The molecule has 28 heavy (non-hydrogen) atoms. The zero-order chi connectivity index (χ0) is 20.3. The van der Waals surface area contributed by atoms with Crippen LogP contribution in [0.1, 0.15) is 39.0 Å². The van der Waals surface area contributed by atoms with Crippen molar-refractivity contribution in [2.75, 3.05) is 12.0 Å². The van der Waals surface area contributed by atoms with Crippen LogP contribution < -0.4 is 4.90 Å². The first-order valence-electron chi connectivity index (χ1n) is 9.04. The van der Waals surface area contributed by atoms with E-state index in [-0.39, 0.29) is 23.5 Å². The van der Waals surface area contributed by atoms with Crippen LogP contribution in [0.5, 0.6) is 0 Å². The van der Waals surface area contributed by atoms with E-state index in [4.69, 9.17) is 4.74 Å². The van der Waals surface area contributed by atoms with Gasteiger partial charge in [-0.2, -0.15) is 4.98 Å². The molecule has 2 aromatic heterocycles. The monoisotopic (exact) mass is 452 g/mol. The van der Waals surface area contributed by atoms with Crippen molar-refractivity contribution in [1.29, 1.82) is 0 Å². The molecule has 1 atom stereocenters. The summed E-state index contributed by atoms with van der Waals surface area (Å²) in [4.78, 5) is 38.1. The molecule has 10 nitrogen and oxygen atoms in total. The summed E-state index contributed by atoms with van der Waals surface area (Å²) in [5.41, 5.74) is -0.241. The molecule has 0 aliphatic heterocycles. The topological polar surface area (TPSA) is 116 Å². The molecule has 1 aliphatic carbocycles. The molecule has 3 rings (SSSR count). The number of rotatable bonds is 7. The van der Waals surface area contributed by atoms with Gasteiger partial charge in [0.1, 0.15) is 12.2 Å². The van der Waals surface area contributed by atoms with Crippen LogP contribution >= 0.6 is 15.9 Å². The summed E-state index contributed by atoms with van der Waals surface area (Å²) < 4.78 is 7.01. The predicted octanol–water partition coefficient (Wildman–Crippen LogP) is 3.03. The molecule has 1 saturated carbocycles. The Morgan fingerprint density at radius 3 is 2.71 bits per heavy atom. The van der Waals surface area contributed by atoms with Gasteiger partial charge >= 0.3 is 11.7 Å². The lowest BCUT2D eigenvalue weighted by Gasteiger charge is -2.35. The number of carbonyl (C=O) groups is 1. The Morgan fingerprint density at radius 1 is 1.46 bits per heavy atom. The number of hydrogen-bond donors (Lipinski definition) is 0. The first kappa shape index (κ1) is 20.2. The molecule has 11 heteroatoms. The zero-order valence-corrected chi connectivity index (χ0v) is 17.2. The van der Waals surface area contributed by atoms with Crippen molar-refractivity contribution in [3.63, 3.8) is 0 Å². The van der Waals surface area contributed by atoms with Gasteiger partial charge in [-0.05, 0) is 35.2 Å². The van der Waals surface area contributed by atoms with Crippen molar-refractivity contribution >= 4 is 33.4 Å². The second-order valence-corrected chi connectivity index (χ2v) is 7.20. The fourth-order valence-corrected chi connectivity index (χ4v) is 3.99. The van der Waals surface area contributed by atoms with Gasteiger partial charge in [-0.25, -0.2) is 14.8 Å². The maximum Gasteiger partial charge on any atom is 0.329 e. The quantitative estimate of drug-likeness (QED) is 0.357. The third-order valence-corrected chi connectivity index (χ3v) is 5.49. The largest absolute Gasteiger partial charge is 0.467 e. The van der Waals surface area contributed by atoms with E-state index in [1.165, 1.54) is 13.3 Å². The molecule has 0 radical (unpaired) electrons. The Morgan fingerprint density at radius 2 is 2.18 bits per heavy atom. The van der Waals surface area contributed by atoms with Crippen LogP contribution in [-0.4, -0.2) is 49.6 Å². The minimum Gasteiger partial charge on any atom is -0.467 e. The Kier molecular flexibility index (Phi) is 6.22. The normalized spacial score (nSPS) is 15.4. The van der Waals surface area contributed by atoms with Crippen molar-refractivity contribution < 1.29 is 14.5 Å². The molecular formula is C17H21BrN6O4. The average Bonchev–Trinajstić information content (AvgIpc) is 3.36. The van der Waals surface area contributed by atoms with Crippen LogP contribution in [0.4, 0.5) is 11.5 Å². The van der Waals surface area contributed by atoms with E-state index in [1.807, 2.05) is 6.92 Å². The van der Waals surface area contributed by atoms with Crippen molar-refractivity contribution in [1.82, 2.24) is 19.5 Å². The number of imidazole rings is 1. The summed E-state index contributed by atoms with van der Waals surface area (Å²) in [7, 11) is 1.32. The maximum atomic E-state index is 12.5. The van der Waals surface area contributed by atoms with Crippen LogP contribution in [0.2, 0.25) is 0 Å². The molecule has 1 unspecified atom stereocenters. The Labute approximate surface area is 170 Å². The number of nitrogens with zero attached hydrogens (tertiary/aromatic N) is 6. The molecule has 0 bridgehead atoms. The van der Waals surface area contributed by atoms with Gasteiger partial charge in [0.05, 0.1) is 12.0 Å². The van der Waals surface area contributed by atoms with Crippen LogP contribution in [-0.2, 0) is 9.53 Å². The summed E-state index contributed by atoms with van der Waals surface area (Å²) in [5.74, 6) is -0.0832. The summed E-state index contributed by atoms with van der Waals surface area (Å²) >= 11 is 3.31. The predicted molar refractivity (Wildman–Crippen MR) is 104 cm³/mol. The lowest BCUT2D eigenvalue weighted by atomic mass is 10.1. The van der Waals surface area contributed by atoms with Gasteiger partial charge in [0.2, 0.25) is 11.8 Å². The fourth-order valence-electron chi connectivity index (χ4n) is 3.60. The highest BCUT2D eigenvalue weighted by Crippen LogP contribution is 2.35. The second-order valence-electron chi connectivity index (χ2n) is 6.49. The van der Waals surface area contributed by atoms with Gasteiger partial charge in [-0.3, -0.25) is 14.7 Å². The molecule has 150 valence electrons. The summed E-state index contributed by atoms with van der Waals surface area (Å²) in [6, 6.07) is -0.697. The number of ether oxygens (including phenoxy) is 1. The second kappa shape index (κ2) is 8.63. The molecule has 2 heterocycles. The van der Waals surface area contributed by atoms with Crippen molar-refractivity contribution in [3.8, 4) is 5.95 Å². The van der Waals surface area contributed by atoms with Gasteiger partial charge < -0.3 is 9.64 Å². The number of anilines is 1. The number of nitro groups is 1. The van der Waals surface area contributed by atoms with Gasteiger partial charge in [0.15, 0.2) is 4.73 Å². The van der Waals surface area contributed by atoms with E-state index < -0.39 is 16.9 Å². The van der Waals surface area contributed by atoms with Crippen molar-refractivity contribution in [3.05, 3.63) is 33.4 Å². The molecule has 0 aromatic carbocycles. The maximum absolute atomic E-state index is 12.5. The highest BCUT2D eigenvalue weighted by Gasteiger charge is 2.38. The molecule has 0 amide bonds. The number of esters is 1. The molecule has 2 aromatic rings. The number of aromatic nitrogens is 4. The molecule has 0 spiro atoms. The minimum absolute atomic E-state index is 0.0308. The Hall–Kier alpha value is -2.56.